The van der Waals surface area contributed by atoms with Crippen LogP contribution in [0.5, 0.6) is 0 Å². The maximum Gasteiger partial charge on any atom is 0.274 e. The van der Waals surface area contributed by atoms with E-state index in [1.807, 2.05) is 32.9 Å². The van der Waals surface area contributed by atoms with Gasteiger partial charge in [-0.2, -0.15) is 0 Å². The highest BCUT2D eigenvalue weighted by Crippen LogP contribution is 2.22. The van der Waals surface area contributed by atoms with Crippen LogP contribution in [0.3, 0.4) is 0 Å². The molecule has 1 amide bonds. The van der Waals surface area contributed by atoms with E-state index >= 15 is 0 Å². The highest BCUT2D eigenvalue weighted by atomic mass is 16.1. The second-order valence-corrected chi connectivity index (χ2v) is 4.65. The number of aromatic nitrogens is 1. The van der Waals surface area contributed by atoms with Crippen LogP contribution >= 0.6 is 0 Å². The second kappa shape index (κ2) is 5.10. The predicted molar refractivity (Wildman–Crippen MR) is 77.3 cm³/mol. The summed E-state index contributed by atoms with van der Waals surface area (Å²) in [5.74, 6) is -0.218. The van der Waals surface area contributed by atoms with Gasteiger partial charge in [0.25, 0.3) is 5.91 Å². The first kappa shape index (κ1) is 13.1. The van der Waals surface area contributed by atoms with Crippen LogP contribution in [0.15, 0.2) is 30.5 Å². The number of anilines is 2. The van der Waals surface area contributed by atoms with Gasteiger partial charge < -0.3 is 11.1 Å². The lowest BCUT2D eigenvalue weighted by atomic mass is 10.1. The number of pyridine rings is 1. The number of carbonyl (C=O) groups excluding carboxylic acids is 1. The van der Waals surface area contributed by atoms with Crippen LogP contribution in [0.1, 0.15) is 27.2 Å². The summed E-state index contributed by atoms with van der Waals surface area (Å²) in [5, 5.41) is 2.85. The summed E-state index contributed by atoms with van der Waals surface area (Å²) in [7, 11) is 0. The van der Waals surface area contributed by atoms with Gasteiger partial charge in [-0.1, -0.05) is 12.1 Å². The maximum absolute atomic E-state index is 12.2. The normalized spacial score (nSPS) is 10.3. The Hall–Kier alpha value is -2.36. The number of nitrogens with one attached hydrogen (secondary N) is 1. The van der Waals surface area contributed by atoms with E-state index in [4.69, 9.17) is 5.73 Å². The van der Waals surface area contributed by atoms with E-state index in [1.165, 1.54) is 0 Å². The van der Waals surface area contributed by atoms with Crippen LogP contribution < -0.4 is 11.1 Å². The summed E-state index contributed by atoms with van der Waals surface area (Å²) in [5.41, 5.74) is 10.5. The minimum atomic E-state index is -0.218. The van der Waals surface area contributed by atoms with Crippen LogP contribution in [-0.2, 0) is 0 Å². The Balaban J connectivity index is 2.30. The van der Waals surface area contributed by atoms with Gasteiger partial charge in [-0.15, -0.1) is 0 Å². The predicted octanol–water partition coefficient (Wildman–Crippen LogP) is 2.84. The van der Waals surface area contributed by atoms with Crippen molar-refractivity contribution in [3.63, 3.8) is 0 Å². The highest BCUT2D eigenvalue weighted by molar-refractivity contribution is 6.04. The highest BCUT2D eigenvalue weighted by Gasteiger charge is 2.12. The van der Waals surface area contributed by atoms with Gasteiger partial charge in [0.15, 0.2) is 0 Å². The minimum absolute atomic E-state index is 0.218. The van der Waals surface area contributed by atoms with Crippen molar-refractivity contribution >= 4 is 17.3 Å². The monoisotopic (exact) mass is 255 g/mol. The number of benzene rings is 1. The number of hydrogen-bond donors (Lipinski definition) is 2. The summed E-state index contributed by atoms with van der Waals surface area (Å²) in [6.45, 7) is 5.74. The molecule has 4 nitrogen and oxygen atoms in total. The first-order chi connectivity index (χ1) is 8.99. The number of nitrogens with two attached hydrogens (primary N) is 1. The number of nitrogens with zero attached hydrogens (tertiary/aromatic N) is 1. The van der Waals surface area contributed by atoms with E-state index in [0.29, 0.717) is 11.4 Å². The fraction of sp³-hybridized carbons (Fsp3) is 0.200. The fourth-order valence-electron chi connectivity index (χ4n) is 1.91. The van der Waals surface area contributed by atoms with Crippen LogP contribution in [0.25, 0.3) is 0 Å². The molecule has 0 bridgehead atoms. The van der Waals surface area contributed by atoms with Crippen LogP contribution in [0.2, 0.25) is 0 Å². The van der Waals surface area contributed by atoms with Crippen molar-refractivity contribution in [3.8, 4) is 0 Å². The topological polar surface area (TPSA) is 68.0 Å². The molecule has 2 rings (SSSR count). The first-order valence-corrected chi connectivity index (χ1v) is 6.08. The third kappa shape index (κ3) is 2.73. The fourth-order valence-corrected chi connectivity index (χ4v) is 1.91. The van der Waals surface area contributed by atoms with Gasteiger partial charge in [0, 0.05) is 17.6 Å². The van der Waals surface area contributed by atoms with Gasteiger partial charge in [-0.3, -0.25) is 9.78 Å². The molecule has 0 saturated carbocycles. The van der Waals surface area contributed by atoms with E-state index < -0.39 is 0 Å². The number of hydrogen-bond acceptors (Lipinski definition) is 3. The van der Waals surface area contributed by atoms with E-state index in [1.54, 1.807) is 18.3 Å². The Morgan fingerprint density at radius 2 is 1.89 bits per heavy atom. The molecule has 0 aliphatic carbocycles. The standard InChI is InChI=1S/C15H17N3O/c1-9-5-4-6-17-14(9)15(19)18-13-8-12(16)10(2)7-11(13)3/h4-8H,16H2,1-3H3,(H,18,19). The number of amides is 1. The summed E-state index contributed by atoms with van der Waals surface area (Å²) in [6.07, 6.45) is 1.61. The molecular formula is C15H17N3O. The minimum Gasteiger partial charge on any atom is -0.398 e. The molecule has 19 heavy (non-hydrogen) atoms. The van der Waals surface area contributed by atoms with Gasteiger partial charge in [-0.25, -0.2) is 0 Å². The average Bonchev–Trinajstić information content (AvgIpc) is 2.36. The van der Waals surface area contributed by atoms with Crippen molar-refractivity contribution in [2.45, 2.75) is 20.8 Å². The van der Waals surface area contributed by atoms with Gasteiger partial charge in [0.2, 0.25) is 0 Å². The number of carbonyl (C=O) groups is 1. The summed E-state index contributed by atoms with van der Waals surface area (Å²) >= 11 is 0. The third-order valence-corrected chi connectivity index (χ3v) is 3.09. The number of aryl methyl sites for hydroxylation is 3. The van der Waals surface area contributed by atoms with Crippen LogP contribution in [0.4, 0.5) is 11.4 Å². The number of rotatable bonds is 2. The molecule has 0 saturated heterocycles. The van der Waals surface area contributed by atoms with E-state index in [9.17, 15) is 4.79 Å². The Bertz CT molecular complexity index is 635. The van der Waals surface area contributed by atoms with Gasteiger partial charge in [0.1, 0.15) is 5.69 Å². The summed E-state index contributed by atoms with van der Waals surface area (Å²) < 4.78 is 0. The second-order valence-electron chi connectivity index (χ2n) is 4.65. The molecule has 1 aromatic carbocycles. The molecule has 0 aliphatic heterocycles. The zero-order valence-corrected chi connectivity index (χ0v) is 11.3. The van der Waals surface area contributed by atoms with Crippen molar-refractivity contribution in [1.82, 2.24) is 4.98 Å². The zero-order chi connectivity index (χ0) is 14.0. The van der Waals surface area contributed by atoms with E-state index in [2.05, 4.69) is 10.3 Å². The lowest BCUT2D eigenvalue weighted by Crippen LogP contribution is -2.16. The molecule has 0 unspecified atom stereocenters. The third-order valence-electron chi connectivity index (χ3n) is 3.09. The molecule has 1 aromatic heterocycles. The lowest BCUT2D eigenvalue weighted by molar-refractivity contribution is 0.102. The van der Waals surface area contributed by atoms with Gasteiger partial charge in [0.05, 0.1) is 0 Å². The molecule has 0 spiro atoms. The molecule has 3 N–H and O–H groups in total. The molecule has 4 heteroatoms. The maximum atomic E-state index is 12.2. The van der Waals surface area contributed by atoms with Crippen molar-refractivity contribution in [3.05, 3.63) is 52.8 Å². The number of nitrogen functional groups attached to an aromatic ring is 1. The molecule has 98 valence electrons. The largest absolute Gasteiger partial charge is 0.398 e. The molecular weight excluding hydrogens is 238 g/mol. The summed E-state index contributed by atoms with van der Waals surface area (Å²) in [6, 6.07) is 7.40. The molecule has 2 aromatic rings. The Morgan fingerprint density at radius 1 is 1.16 bits per heavy atom. The summed E-state index contributed by atoms with van der Waals surface area (Å²) in [4.78, 5) is 16.3. The van der Waals surface area contributed by atoms with Gasteiger partial charge in [-0.05, 0) is 49.6 Å². The zero-order valence-electron chi connectivity index (χ0n) is 11.3. The van der Waals surface area contributed by atoms with E-state index in [0.717, 1.165) is 22.4 Å². The van der Waals surface area contributed by atoms with Crippen molar-refractivity contribution in [1.29, 1.82) is 0 Å². The lowest BCUT2D eigenvalue weighted by Gasteiger charge is -2.11. The Kier molecular flexibility index (Phi) is 3.51. The van der Waals surface area contributed by atoms with E-state index in [-0.39, 0.29) is 5.91 Å². The SMILES string of the molecule is Cc1cc(C)c(NC(=O)c2ncccc2C)cc1N. The average molecular weight is 255 g/mol. The van der Waals surface area contributed by atoms with Gasteiger partial charge >= 0.3 is 0 Å². The molecule has 0 atom stereocenters. The Morgan fingerprint density at radius 3 is 2.58 bits per heavy atom. The Labute approximate surface area is 112 Å². The van der Waals surface area contributed by atoms with Crippen LogP contribution in [-0.4, -0.2) is 10.9 Å². The first-order valence-electron chi connectivity index (χ1n) is 6.08. The molecule has 0 fully saturated rings. The van der Waals surface area contributed by atoms with Crippen molar-refractivity contribution < 1.29 is 4.79 Å². The molecule has 1 heterocycles. The molecule has 0 radical (unpaired) electrons. The van der Waals surface area contributed by atoms with Crippen molar-refractivity contribution in [2.24, 2.45) is 0 Å². The quantitative estimate of drug-likeness (QED) is 0.811. The smallest absolute Gasteiger partial charge is 0.274 e. The molecule has 0 aliphatic rings. The van der Waals surface area contributed by atoms with Crippen LogP contribution in [0, 0.1) is 20.8 Å². The van der Waals surface area contributed by atoms with Crippen molar-refractivity contribution in [2.75, 3.05) is 11.1 Å².